The summed E-state index contributed by atoms with van der Waals surface area (Å²) in [6, 6.07) is 0. The Kier molecular flexibility index (Phi) is 6.74. The number of aliphatic carboxylic acids is 1. The highest BCUT2D eigenvalue weighted by molar-refractivity contribution is 5.77. The van der Waals surface area contributed by atoms with E-state index in [0.717, 1.165) is 12.8 Å². The molecule has 0 aromatic heterocycles. The number of hydrogen-bond donors (Lipinski definition) is 1. The lowest BCUT2D eigenvalue weighted by atomic mass is 10.3. The fraction of sp³-hybridized carbons (Fsp3) is 0.778. The molecule has 1 amide bonds. The summed E-state index contributed by atoms with van der Waals surface area (Å²) in [5.41, 5.74) is 0. The largest absolute Gasteiger partial charge is 0.480 e. The molecule has 0 saturated heterocycles. The van der Waals surface area contributed by atoms with Crippen LogP contribution in [0.1, 0.15) is 19.8 Å². The Morgan fingerprint density at radius 2 is 2.00 bits per heavy atom. The summed E-state index contributed by atoms with van der Waals surface area (Å²) in [6.07, 6.45) is 1.97. The zero-order valence-electron chi connectivity index (χ0n) is 8.65. The molecule has 0 aliphatic carbocycles. The van der Waals surface area contributed by atoms with Crippen LogP contribution in [-0.4, -0.2) is 48.7 Å². The predicted molar refractivity (Wildman–Crippen MR) is 51.0 cm³/mol. The van der Waals surface area contributed by atoms with Crippen LogP contribution in [0.3, 0.4) is 0 Å². The molecule has 0 radical (unpaired) electrons. The topological polar surface area (TPSA) is 66.8 Å². The molecule has 0 bridgehead atoms. The molecule has 0 aliphatic rings. The minimum absolute atomic E-state index is 0.160. The molecule has 0 fully saturated rings. The van der Waals surface area contributed by atoms with Gasteiger partial charge in [-0.2, -0.15) is 0 Å². The van der Waals surface area contributed by atoms with Crippen molar-refractivity contribution in [3.05, 3.63) is 0 Å². The Morgan fingerprint density at radius 1 is 1.36 bits per heavy atom. The molecular weight excluding hydrogens is 186 g/mol. The molecule has 5 nitrogen and oxygen atoms in total. The molecule has 0 atom stereocenters. The van der Waals surface area contributed by atoms with Gasteiger partial charge in [0.2, 0.25) is 5.91 Å². The number of carbonyl (C=O) groups excluding carboxylic acids is 1. The number of carbonyl (C=O) groups is 2. The first-order valence-electron chi connectivity index (χ1n) is 4.61. The van der Waals surface area contributed by atoms with E-state index in [0.29, 0.717) is 6.54 Å². The molecule has 0 aromatic rings. The number of ether oxygens (including phenoxy) is 1. The monoisotopic (exact) mass is 203 g/mol. The fourth-order valence-corrected chi connectivity index (χ4v) is 0.856. The third-order valence-electron chi connectivity index (χ3n) is 1.72. The molecule has 0 heterocycles. The molecule has 0 aromatic carbocycles. The van der Waals surface area contributed by atoms with Crippen molar-refractivity contribution >= 4 is 11.9 Å². The minimum atomic E-state index is -1.06. The number of likely N-dealkylation sites (N-methyl/N-ethyl adjacent to an activating group) is 1. The lowest BCUT2D eigenvalue weighted by molar-refractivity contribution is -0.145. The average molecular weight is 203 g/mol. The summed E-state index contributed by atoms with van der Waals surface area (Å²) in [6.45, 7) is 2.14. The van der Waals surface area contributed by atoms with E-state index in [-0.39, 0.29) is 12.5 Å². The quantitative estimate of drug-likeness (QED) is 0.648. The predicted octanol–water partition coefficient (Wildman–Crippen LogP) is 0.346. The van der Waals surface area contributed by atoms with Crippen molar-refractivity contribution in [2.75, 3.05) is 26.8 Å². The van der Waals surface area contributed by atoms with Crippen LogP contribution in [-0.2, 0) is 14.3 Å². The third kappa shape index (κ3) is 6.42. The van der Waals surface area contributed by atoms with Crippen molar-refractivity contribution in [2.24, 2.45) is 0 Å². The Hall–Kier alpha value is -1.10. The summed E-state index contributed by atoms with van der Waals surface area (Å²) < 4.78 is 4.67. The molecule has 0 rings (SSSR count). The van der Waals surface area contributed by atoms with Crippen LogP contribution in [0.15, 0.2) is 0 Å². The summed E-state index contributed by atoms with van der Waals surface area (Å²) in [7, 11) is 1.68. The Morgan fingerprint density at radius 3 is 2.50 bits per heavy atom. The normalized spacial score (nSPS) is 9.86. The summed E-state index contributed by atoms with van der Waals surface area (Å²) >= 11 is 0. The van der Waals surface area contributed by atoms with Crippen LogP contribution >= 0.6 is 0 Å². The van der Waals surface area contributed by atoms with Gasteiger partial charge in [-0.1, -0.05) is 13.3 Å². The SMILES string of the molecule is CCCCN(C)C(=O)COCC(=O)O. The number of unbranched alkanes of at least 4 members (excludes halogenated alkanes) is 1. The van der Waals surface area contributed by atoms with Crippen molar-refractivity contribution in [1.82, 2.24) is 4.90 Å². The number of rotatable bonds is 7. The molecule has 0 saturated carbocycles. The van der Waals surface area contributed by atoms with Gasteiger partial charge in [0, 0.05) is 13.6 Å². The number of carboxylic acid groups (broad SMARTS) is 1. The van der Waals surface area contributed by atoms with Gasteiger partial charge in [0.25, 0.3) is 0 Å². The molecule has 1 N–H and O–H groups in total. The van der Waals surface area contributed by atoms with E-state index in [1.165, 1.54) is 0 Å². The van der Waals surface area contributed by atoms with Crippen molar-refractivity contribution in [3.63, 3.8) is 0 Å². The van der Waals surface area contributed by atoms with E-state index in [2.05, 4.69) is 4.74 Å². The Labute approximate surface area is 83.6 Å². The summed E-state index contributed by atoms with van der Waals surface area (Å²) in [5.74, 6) is -1.24. The van der Waals surface area contributed by atoms with Gasteiger partial charge in [-0.25, -0.2) is 4.79 Å². The van der Waals surface area contributed by atoms with Crippen LogP contribution in [0.5, 0.6) is 0 Å². The second kappa shape index (κ2) is 7.32. The standard InChI is InChI=1S/C9H17NO4/c1-3-4-5-10(2)8(11)6-14-7-9(12)13/h3-7H2,1-2H3,(H,12,13). The number of hydrogen-bond acceptors (Lipinski definition) is 3. The van der Waals surface area contributed by atoms with Gasteiger partial charge in [-0.15, -0.1) is 0 Å². The average Bonchev–Trinajstić information content (AvgIpc) is 2.13. The second-order valence-corrected chi connectivity index (χ2v) is 3.06. The summed E-state index contributed by atoms with van der Waals surface area (Å²) in [4.78, 5) is 22.9. The van der Waals surface area contributed by atoms with E-state index >= 15 is 0 Å². The maximum Gasteiger partial charge on any atom is 0.329 e. The number of nitrogens with zero attached hydrogens (tertiary/aromatic N) is 1. The van der Waals surface area contributed by atoms with E-state index < -0.39 is 12.6 Å². The highest BCUT2D eigenvalue weighted by Gasteiger charge is 2.08. The fourth-order valence-electron chi connectivity index (χ4n) is 0.856. The smallest absolute Gasteiger partial charge is 0.329 e. The zero-order chi connectivity index (χ0) is 11.0. The van der Waals surface area contributed by atoms with E-state index in [9.17, 15) is 9.59 Å². The van der Waals surface area contributed by atoms with Crippen LogP contribution < -0.4 is 0 Å². The van der Waals surface area contributed by atoms with Gasteiger partial charge in [-0.05, 0) is 6.42 Å². The highest BCUT2D eigenvalue weighted by atomic mass is 16.5. The number of carboxylic acids is 1. The van der Waals surface area contributed by atoms with Crippen molar-refractivity contribution in [2.45, 2.75) is 19.8 Å². The second-order valence-electron chi connectivity index (χ2n) is 3.06. The van der Waals surface area contributed by atoms with Gasteiger partial charge in [0.15, 0.2) is 0 Å². The minimum Gasteiger partial charge on any atom is -0.480 e. The number of amides is 1. The Bertz CT molecular complexity index is 193. The van der Waals surface area contributed by atoms with Gasteiger partial charge < -0.3 is 14.7 Å². The first-order chi connectivity index (χ1) is 6.57. The van der Waals surface area contributed by atoms with Crippen LogP contribution in [0, 0.1) is 0 Å². The molecular formula is C9H17NO4. The first-order valence-corrected chi connectivity index (χ1v) is 4.61. The van der Waals surface area contributed by atoms with E-state index in [4.69, 9.17) is 5.11 Å². The van der Waals surface area contributed by atoms with E-state index in [1.807, 2.05) is 6.92 Å². The van der Waals surface area contributed by atoms with Crippen LogP contribution in [0.2, 0.25) is 0 Å². The maximum atomic E-state index is 11.2. The van der Waals surface area contributed by atoms with E-state index in [1.54, 1.807) is 11.9 Å². The molecule has 0 unspecified atom stereocenters. The van der Waals surface area contributed by atoms with Gasteiger partial charge >= 0.3 is 5.97 Å². The lowest BCUT2D eigenvalue weighted by Crippen LogP contribution is -2.31. The Balaban J connectivity index is 3.56. The van der Waals surface area contributed by atoms with Gasteiger partial charge in [0.05, 0.1) is 0 Å². The summed E-state index contributed by atoms with van der Waals surface area (Å²) in [5, 5.41) is 8.26. The lowest BCUT2D eigenvalue weighted by Gasteiger charge is -2.16. The van der Waals surface area contributed by atoms with Crippen molar-refractivity contribution in [1.29, 1.82) is 0 Å². The van der Waals surface area contributed by atoms with Gasteiger partial charge in [-0.3, -0.25) is 4.79 Å². The van der Waals surface area contributed by atoms with Crippen molar-refractivity contribution in [3.8, 4) is 0 Å². The maximum absolute atomic E-state index is 11.2. The van der Waals surface area contributed by atoms with Crippen LogP contribution in [0.4, 0.5) is 0 Å². The first kappa shape index (κ1) is 12.9. The molecule has 0 aliphatic heterocycles. The van der Waals surface area contributed by atoms with Crippen molar-refractivity contribution < 1.29 is 19.4 Å². The molecule has 0 spiro atoms. The van der Waals surface area contributed by atoms with Gasteiger partial charge in [0.1, 0.15) is 13.2 Å². The van der Waals surface area contributed by atoms with Crippen LogP contribution in [0.25, 0.3) is 0 Å². The molecule has 5 heteroatoms. The third-order valence-corrected chi connectivity index (χ3v) is 1.72. The highest BCUT2D eigenvalue weighted by Crippen LogP contribution is 1.92. The molecule has 14 heavy (non-hydrogen) atoms. The molecule has 82 valence electrons. The zero-order valence-corrected chi connectivity index (χ0v) is 8.65.